The van der Waals surface area contributed by atoms with Gasteiger partial charge in [0.2, 0.25) is 0 Å². The molecule has 0 spiro atoms. The molecule has 0 aliphatic rings. The van der Waals surface area contributed by atoms with Crippen LogP contribution in [0, 0.1) is 0 Å². The zero-order chi connectivity index (χ0) is 15.9. The highest BCUT2D eigenvalue weighted by Crippen LogP contribution is 2.23. The lowest BCUT2D eigenvalue weighted by molar-refractivity contribution is 0.0952. The molecule has 6 nitrogen and oxygen atoms in total. The number of phenols is 1. The van der Waals surface area contributed by atoms with E-state index < -0.39 is 5.91 Å². The van der Waals surface area contributed by atoms with Gasteiger partial charge in [-0.05, 0) is 24.3 Å². The Bertz CT molecular complexity index is 698. The third-order valence-electron chi connectivity index (χ3n) is 2.96. The minimum absolute atomic E-state index is 0.0998. The largest absolute Gasteiger partial charge is 0.507 e. The summed E-state index contributed by atoms with van der Waals surface area (Å²) in [6.45, 7) is 0. The number of methoxy groups -OCH3 is 2. The molecule has 0 fully saturated rings. The Morgan fingerprint density at radius 1 is 1.18 bits per heavy atom. The minimum Gasteiger partial charge on any atom is -0.507 e. The Morgan fingerprint density at radius 3 is 2.64 bits per heavy atom. The van der Waals surface area contributed by atoms with E-state index in [1.165, 1.54) is 25.5 Å². The van der Waals surface area contributed by atoms with Gasteiger partial charge in [-0.3, -0.25) is 4.79 Å². The van der Waals surface area contributed by atoms with Crippen LogP contribution in [-0.2, 0) is 0 Å². The number of nitrogens with one attached hydrogen (secondary N) is 1. The van der Waals surface area contributed by atoms with Crippen LogP contribution in [0.5, 0.6) is 17.2 Å². The van der Waals surface area contributed by atoms with E-state index in [-0.39, 0.29) is 11.3 Å². The van der Waals surface area contributed by atoms with E-state index in [1.54, 1.807) is 37.4 Å². The summed E-state index contributed by atoms with van der Waals surface area (Å²) in [5.41, 5.74) is 3.19. The minimum atomic E-state index is -0.498. The lowest BCUT2D eigenvalue weighted by Crippen LogP contribution is -2.17. The molecule has 0 saturated heterocycles. The number of hydrogen-bond donors (Lipinski definition) is 2. The SMILES string of the molecule is COc1ccc(/C=N\NC(=O)c2ccccc2O)c(OC)c1. The molecular formula is C16H16N2O4. The van der Waals surface area contributed by atoms with Crippen molar-refractivity contribution in [1.29, 1.82) is 0 Å². The summed E-state index contributed by atoms with van der Waals surface area (Å²) in [4.78, 5) is 11.9. The van der Waals surface area contributed by atoms with E-state index >= 15 is 0 Å². The molecule has 0 atom stereocenters. The highest BCUT2D eigenvalue weighted by Gasteiger charge is 2.09. The normalized spacial score (nSPS) is 10.5. The molecule has 0 unspecified atom stereocenters. The van der Waals surface area contributed by atoms with Crippen molar-refractivity contribution in [2.45, 2.75) is 0 Å². The number of phenolic OH excluding ortho intramolecular Hbond substituents is 1. The van der Waals surface area contributed by atoms with Gasteiger partial charge in [-0.15, -0.1) is 0 Å². The first kappa shape index (κ1) is 15.4. The van der Waals surface area contributed by atoms with E-state index in [1.807, 2.05) is 0 Å². The zero-order valence-corrected chi connectivity index (χ0v) is 12.2. The first-order chi connectivity index (χ1) is 10.7. The maximum Gasteiger partial charge on any atom is 0.275 e. The van der Waals surface area contributed by atoms with Gasteiger partial charge in [-0.25, -0.2) is 5.43 Å². The second-order valence-electron chi connectivity index (χ2n) is 4.32. The molecule has 0 bridgehead atoms. The van der Waals surface area contributed by atoms with Crippen LogP contribution < -0.4 is 14.9 Å². The molecule has 6 heteroatoms. The van der Waals surface area contributed by atoms with Gasteiger partial charge >= 0.3 is 0 Å². The lowest BCUT2D eigenvalue weighted by atomic mass is 10.2. The van der Waals surface area contributed by atoms with Crippen molar-refractivity contribution in [1.82, 2.24) is 5.43 Å². The van der Waals surface area contributed by atoms with Gasteiger partial charge in [0.25, 0.3) is 5.91 Å². The van der Waals surface area contributed by atoms with E-state index in [4.69, 9.17) is 9.47 Å². The molecule has 0 radical (unpaired) electrons. The van der Waals surface area contributed by atoms with Gasteiger partial charge < -0.3 is 14.6 Å². The van der Waals surface area contributed by atoms with E-state index in [9.17, 15) is 9.90 Å². The molecule has 0 aliphatic heterocycles. The summed E-state index contributed by atoms with van der Waals surface area (Å²) < 4.78 is 10.3. The standard InChI is InChI=1S/C16H16N2O4/c1-21-12-8-7-11(15(9-12)22-2)10-17-18-16(20)13-5-3-4-6-14(13)19/h3-10,19H,1-2H3,(H,18,20)/b17-10-. The summed E-state index contributed by atoms with van der Waals surface area (Å²) in [7, 11) is 3.10. The van der Waals surface area contributed by atoms with Crippen LogP contribution in [0.25, 0.3) is 0 Å². The van der Waals surface area contributed by atoms with Crippen molar-refractivity contribution in [2.24, 2.45) is 5.10 Å². The Balaban J connectivity index is 2.10. The average Bonchev–Trinajstić information content (AvgIpc) is 2.55. The number of hydrazone groups is 1. The molecule has 2 N–H and O–H groups in total. The second kappa shape index (κ2) is 7.12. The number of carbonyl (C=O) groups excluding carboxylic acids is 1. The number of nitrogens with zero attached hydrogens (tertiary/aromatic N) is 1. The van der Waals surface area contributed by atoms with Crippen molar-refractivity contribution in [3.8, 4) is 17.2 Å². The van der Waals surface area contributed by atoms with E-state index in [0.717, 1.165) is 0 Å². The first-order valence-electron chi connectivity index (χ1n) is 6.49. The van der Waals surface area contributed by atoms with Crippen LogP contribution >= 0.6 is 0 Å². The lowest BCUT2D eigenvalue weighted by Gasteiger charge is -2.07. The van der Waals surface area contributed by atoms with Crippen LogP contribution in [0.3, 0.4) is 0 Å². The van der Waals surface area contributed by atoms with Crippen molar-refractivity contribution in [3.63, 3.8) is 0 Å². The quantitative estimate of drug-likeness (QED) is 0.655. The molecule has 0 saturated carbocycles. The number of amides is 1. The summed E-state index contributed by atoms with van der Waals surface area (Å²) >= 11 is 0. The Labute approximate surface area is 128 Å². The molecule has 0 heterocycles. The predicted molar refractivity (Wildman–Crippen MR) is 82.7 cm³/mol. The molecule has 2 rings (SSSR count). The second-order valence-corrected chi connectivity index (χ2v) is 4.32. The Kier molecular flexibility index (Phi) is 4.98. The topological polar surface area (TPSA) is 80.2 Å². The Morgan fingerprint density at radius 2 is 1.95 bits per heavy atom. The molecule has 0 aromatic heterocycles. The van der Waals surface area contributed by atoms with E-state index in [0.29, 0.717) is 17.1 Å². The van der Waals surface area contributed by atoms with Crippen LogP contribution in [0.4, 0.5) is 0 Å². The number of ether oxygens (including phenoxy) is 2. The van der Waals surface area contributed by atoms with E-state index in [2.05, 4.69) is 10.5 Å². The average molecular weight is 300 g/mol. The number of para-hydroxylation sites is 1. The fourth-order valence-electron chi connectivity index (χ4n) is 1.81. The van der Waals surface area contributed by atoms with Crippen molar-refractivity contribution >= 4 is 12.1 Å². The number of hydrogen-bond acceptors (Lipinski definition) is 5. The highest BCUT2D eigenvalue weighted by molar-refractivity contribution is 5.97. The summed E-state index contributed by atoms with van der Waals surface area (Å²) in [5, 5.41) is 13.5. The van der Waals surface area contributed by atoms with Gasteiger partial charge in [0.15, 0.2) is 0 Å². The number of rotatable bonds is 5. The van der Waals surface area contributed by atoms with Crippen LogP contribution in [0.2, 0.25) is 0 Å². The van der Waals surface area contributed by atoms with Crippen molar-refractivity contribution < 1.29 is 19.4 Å². The third-order valence-corrected chi connectivity index (χ3v) is 2.96. The molecule has 0 aliphatic carbocycles. The van der Waals surface area contributed by atoms with Gasteiger partial charge in [0.1, 0.15) is 17.2 Å². The van der Waals surface area contributed by atoms with Gasteiger partial charge in [0, 0.05) is 11.6 Å². The summed E-state index contributed by atoms with van der Waals surface area (Å²) in [6, 6.07) is 11.5. The first-order valence-corrected chi connectivity index (χ1v) is 6.49. The Hall–Kier alpha value is -3.02. The van der Waals surface area contributed by atoms with Gasteiger partial charge in [-0.1, -0.05) is 12.1 Å². The smallest absolute Gasteiger partial charge is 0.275 e. The molecule has 2 aromatic rings. The maximum atomic E-state index is 11.9. The summed E-state index contributed by atoms with van der Waals surface area (Å²) in [5.74, 6) is 0.631. The third kappa shape index (κ3) is 3.54. The molecule has 1 amide bonds. The van der Waals surface area contributed by atoms with Crippen LogP contribution in [0.15, 0.2) is 47.6 Å². The van der Waals surface area contributed by atoms with Crippen LogP contribution in [0.1, 0.15) is 15.9 Å². The zero-order valence-electron chi connectivity index (χ0n) is 12.2. The van der Waals surface area contributed by atoms with Gasteiger partial charge in [0.05, 0.1) is 26.0 Å². The van der Waals surface area contributed by atoms with Gasteiger partial charge in [-0.2, -0.15) is 5.10 Å². The number of carbonyl (C=O) groups is 1. The predicted octanol–water partition coefficient (Wildman–Crippen LogP) is 2.17. The van der Waals surface area contributed by atoms with Crippen molar-refractivity contribution in [2.75, 3.05) is 14.2 Å². The summed E-state index contributed by atoms with van der Waals surface area (Å²) in [6.07, 6.45) is 1.45. The van der Waals surface area contributed by atoms with Crippen LogP contribution in [-0.4, -0.2) is 31.4 Å². The fraction of sp³-hybridized carbons (Fsp3) is 0.125. The number of benzene rings is 2. The molecular weight excluding hydrogens is 284 g/mol. The molecule has 22 heavy (non-hydrogen) atoms. The maximum absolute atomic E-state index is 11.9. The monoisotopic (exact) mass is 300 g/mol. The number of aromatic hydroxyl groups is 1. The molecule has 2 aromatic carbocycles. The highest BCUT2D eigenvalue weighted by atomic mass is 16.5. The fourth-order valence-corrected chi connectivity index (χ4v) is 1.81. The molecule has 114 valence electrons. The van der Waals surface area contributed by atoms with Crippen molar-refractivity contribution in [3.05, 3.63) is 53.6 Å².